The summed E-state index contributed by atoms with van der Waals surface area (Å²) < 4.78 is 36.8. The molecule has 0 saturated heterocycles. The smallest absolute Gasteiger partial charge is 0.361 e. The molecule has 1 atom stereocenters. The first-order valence-electron chi connectivity index (χ1n) is 5.22. The zero-order chi connectivity index (χ0) is 12.9. The van der Waals surface area contributed by atoms with Gasteiger partial charge in [-0.15, -0.1) is 0 Å². The maximum Gasteiger partial charge on any atom is 0.417 e. The van der Waals surface area contributed by atoms with E-state index in [1.807, 2.05) is 6.92 Å². The number of alkyl halides is 3. The van der Waals surface area contributed by atoms with Crippen molar-refractivity contribution in [3.63, 3.8) is 0 Å². The number of pyridine rings is 1. The molecule has 0 aliphatic rings. The third kappa shape index (κ3) is 4.05. The normalized spacial score (nSPS) is 13.2. The molecule has 3 nitrogen and oxygen atoms in total. The average Bonchev–Trinajstić information content (AvgIpc) is 2.28. The van der Waals surface area contributed by atoms with Crippen LogP contribution >= 0.6 is 0 Å². The Morgan fingerprint density at radius 2 is 2.18 bits per heavy atom. The van der Waals surface area contributed by atoms with Crippen LogP contribution in [0.3, 0.4) is 0 Å². The Bertz CT molecular complexity index is 362. The molecule has 0 aromatic carbocycles. The van der Waals surface area contributed by atoms with Gasteiger partial charge in [0.15, 0.2) is 0 Å². The Labute approximate surface area is 97.0 Å². The number of rotatable bonds is 5. The Kier molecular flexibility index (Phi) is 4.48. The first-order valence-corrected chi connectivity index (χ1v) is 5.22. The third-order valence-corrected chi connectivity index (χ3v) is 2.19. The van der Waals surface area contributed by atoms with Gasteiger partial charge in [-0.1, -0.05) is 13.3 Å². The van der Waals surface area contributed by atoms with Gasteiger partial charge in [-0.05, 0) is 18.6 Å². The van der Waals surface area contributed by atoms with Crippen molar-refractivity contribution in [2.24, 2.45) is 0 Å². The highest BCUT2D eigenvalue weighted by molar-refractivity contribution is 5.63. The lowest BCUT2D eigenvalue weighted by molar-refractivity contribution is -0.137. The van der Waals surface area contributed by atoms with Crippen molar-refractivity contribution >= 4 is 12.1 Å². The van der Waals surface area contributed by atoms with Crippen LogP contribution in [0.5, 0.6) is 0 Å². The number of nitrogens with one attached hydrogen (secondary N) is 1. The van der Waals surface area contributed by atoms with Crippen LogP contribution in [0, 0.1) is 0 Å². The van der Waals surface area contributed by atoms with Crippen molar-refractivity contribution in [2.75, 3.05) is 5.32 Å². The second kappa shape index (κ2) is 5.65. The fourth-order valence-corrected chi connectivity index (χ4v) is 1.32. The zero-order valence-corrected chi connectivity index (χ0v) is 9.29. The molecule has 0 saturated carbocycles. The van der Waals surface area contributed by atoms with Crippen LogP contribution in [0.4, 0.5) is 19.0 Å². The van der Waals surface area contributed by atoms with Gasteiger partial charge in [0.25, 0.3) is 0 Å². The summed E-state index contributed by atoms with van der Waals surface area (Å²) in [6, 6.07) is 1.74. The number of halogens is 3. The first-order chi connectivity index (χ1) is 7.97. The summed E-state index contributed by atoms with van der Waals surface area (Å²) in [5.41, 5.74) is -0.804. The predicted molar refractivity (Wildman–Crippen MR) is 57.6 cm³/mol. The third-order valence-electron chi connectivity index (χ3n) is 2.19. The highest BCUT2D eigenvalue weighted by atomic mass is 19.4. The minimum absolute atomic E-state index is 0.267. The minimum Gasteiger partial charge on any atom is -0.361 e. The first kappa shape index (κ1) is 13.5. The maximum absolute atomic E-state index is 12.3. The van der Waals surface area contributed by atoms with E-state index in [1.54, 1.807) is 0 Å². The zero-order valence-electron chi connectivity index (χ0n) is 9.29. The quantitative estimate of drug-likeness (QED) is 0.812. The predicted octanol–water partition coefficient (Wildman–Crippen LogP) is 2.88. The van der Waals surface area contributed by atoms with E-state index in [4.69, 9.17) is 0 Å². The van der Waals surface area contributed by atoms with Gasteiger partial charge in [-0.25, -0.2) is 4.98 Å². The van der Waals surface area contributed by atoms with Crippen molar-refractivity contribution in [3.8, 4) is 0 Å². The highest BCUT2D eigenvalue weighted by Gasteiger charge is 2.30. The van der Waals surface area contributed by atoms with Crippen LogP contribution in [0.2, 0.25) is 0 Å². The molecule has 1 N–H and O–H groups in total. The van der Waals surface area contributed by atoms with E-state index in [2.05, 4.69) is 10.3 Å². The molecule has 1 rings (SSSR count). The molecule has 0 radical (unpaired) electrons. The van der Waals surface area contributed by atoms with E-state index in [1.165, 1.54) is 6.07 Å². The number of anilines is 1. The summed E-state index contributed by atoms with van der Waals surface area (Å²) in [6.07, 6.45) is -1.50. The molecular formula is C11H13F3N2O. The second-order valence-corrected chi connectivity index (χ2v) is 3.61. The molecule has 1 heterocycles. The molecule has 0 aliphatic heterocycles. The van der Waals surface area contributed by atoms with Crippen LogP contribution in [0.25, 0.3) is 0 Å². The van der Waals surface area contributed by atoms with E-state index >= 15 is 0 Å². The fourth-order valence-electron chi connectivity index (χ4n) is 1.32. The number of carbonyl (C=O) groups is 1. The van der Waals surface area contributed by atoms with Crippen molar-refractivity contribution in [3.05, 3.63) is 23.9 Å². The van der Waals surface area contributed by atoms with Crippen LogP contribution in [0.15, 0.2) is 18.3 Å². The topological polar surface area (TPSA) is 42.0 Å². The van der Waals surface area contributed by atoms with E-state index in [0.717, 1.165) is 25.0 Å². The number of carbonyl (C=O) groups excluding carboxylic acids is 1. The lowest BCUT2D eigenvalue weighted by atomic mass is 10.2. The van der Waals surface area contributed by atoms with Gasteiger partial charge in [-0.2, -0.15) is 13.2 Å². The highest BCUT2D eigenvalue weighted by Crippen LogP contribution is 2.28. The molecule has 0 bridgehead atoms. The summed E-state index contributed by atoms with van der Waals surface area (Å²) >= 11 is 0. The molecular weight excluding hydrogens is 233 g/mol. The summed E-state index contributed by atoms with van der Waals surface area (Å²) in [7, 11) is 0. The lowest BCUT2D eigenvalue weighted by Gasteiger charge is -2.13. The molecule has 94 valence electrons. The SMILES string of the molecule is CCCC(C=O)Nc1ccc(C(F)(F)F)cn1. The molecule has 1 unspecified atom stereocenters. The van der Waals surface area contributed by atoms with Crippen molar-refractivity contribution in [1.82, 2.24) is 4.98 Å². The molecule has 6 heteroatoms. The van der Waals surface area contributed by atoms with Gasteiger partial charge in [-0.3, -0.25) is 0 Å². The van der Waals surface area contributed by atoms with E-state index < -0.39 is 17.8 Å². The number of aromatic nitrogens is 1. The Morgan fingerprint density at radius 1 is 1.47 bits per heavy atom. The minimum atomic E-state index is -4.39. The van der Waals surface area contributed by atoms with Gasteiger partial charge >= 0.3 is 6.18 Å². The van der Waals surface area contributed by atoms with Gasteiger partial charge < -0.3 is 10.1 Å². The summed E-state index contributed by atoms with van der Waals surface area (Å²) in [5, 5.41) is 2.76. The number of aldehydes is 1. The number of nitrogens with zero attached hydrogens (tertiary/aromatic N) is 1. The van der Waals surface area contributed by atoms with E-state index in [0.29, 0.717) is 6.42 Å². The molecule has 0 fully saturated rings. The largest absolute Gasteiger partial charge is 0.417 e. The van der Waals surface area contributed by atoms with Crippen molar-refractivity contribution < 1.29 is 18.0 Å². The summed E-state index contributed by atoms with van der Waals surface area (Å²) in [5.74, 6) is 0.267. The lowest BCUT2D eigenvalue weighted by Crippen LogP contribution is -2.21. The van der Waals surface area contributed by atoms with E-state index in [9.17, 15) is 18.0 Å². The Balaban J connectivity index is 2.71. The number of hydrogen-bond donors (Lipinski definition) is 1. The van der Waals surface area contributed by atoms with Crippen LogP contribution in [-0.4, -0.2) is 17.3 Å². The summed E-state index contributed by atoms with van der Waals surface area (Å²) in [4.78, 5) is 14.3. The molecule has 1 aromatic rings. The molecule has 0 spiro atoms. The molecule has 0 aliphatic carbocycles. The second-order valence-electron chi connectivity index (χ2n) is 3.61. The fraction of sp³-hybridized carbons (Fsp3) is 0.455. The van der Waals surface area contributed by atoms with Crippen molar-refractivity contribution in [1.29, 1.82) is 0 Å². The Morgan fingerprint density at radius 3 is 2.59 bits per heavy atom. The Hall–Kier alpha value is -1.59. The van der Waals surface area contributed by atoms with Gasteiger partial charge in [0.1, 0.15) is 12.1 Å². The monoisotopic (exact) mass is 246 g/mol. The van der Waals surface area contributed by atoms with Crippen LogP contribution < -0.4 is 5.32 Å². The molecule has 0 amide bonds. The van der Waals surface area contributed by atoms with E-state index in [-0.39, 0.29) is 5.82 Å². The van der Waals surface area contributed by atoms with Gasteiger partial charge in [0.05, 0.1) is 11.6 Å². The maximum atomic E-state index is 12.3. The van der Waals surface area contributed by atoms with Crippen LogP contribution in [-0.2, 0) is 11.0 Å². The standard InChI is InChI=1S/C11H13F3N2O/c1-2-3-9(7-17)16-10-5-4-8(6-15-10)11(12,13)14/h4-7,9H,2-3H2,1H3,(H,15,16). The van der Waals surface area contributed by atoms with Gasteiger partial charge in [0.2, 0.25) is 0 Å². The van der Waals surface area contributed by atoms with Crippen LogP contribution in [0.1, 0.15) is 25.3 Å². The average molecular weight is 246 g/mol. The van der Waals surface area contributed by atoms with Crippen molar-refractivity contribution in [2.45, 2.75) is 32.0 Å². The number of hydrogen-bond acceptors (Lipinski definition) is 3. The molecule has 17 heavy (non-hydrogen) atoms. The van der Waals surface area contributed by atoms with Gasteiger partial charge in [0, 0.05) is 6.20 Å². The summed E-state index contributed by atoms with van der Waals surface area (Å²) in [6.45, 7) is 1.92. The molecule has 1 aromatic heterocycles.